The van der Waals surface area contributed by atoms with Crippen molar-refractivity contribution in [3.8, 4) is 0 Å². The number of amides is 1. The summed E-state index contributed by atoms with van der Waals surface area (Å²) in [5.41, 5.74) is 4.51. The number of rotatable bonds is 7. The zero-order valence-electron chi connectivity index (χ0n) is 21.2. The summed E-state index contributed by atoms with van der Waals surface area (Å²) in [7, 11) is -1.32. The lowest BCUT2D eigenvalue weighted by atomic mass is 9.85. The van der Waals surface area contributed by atoms with Crippen LogP contribution in [-0.4, -0.2) is 54.5 Å². The summed E-state index contributed by atoms with van der Waals surface area (Å²) in [5, 5.41) is 0.354. The summed E-state index contributed by atoms with van der Waals surface area (Å²) in [5.74, 6) is -1.93. The maximum absolute atomic E-state index is 14.9. The molecule has 0 unspecified atom stereocenters. The standard InChI is InChI=1S/C24H37F2N3O3SSi/c1-22(2,3)32-21(30)29(15-31-11-12-34(5,6)7)20-28-23(4,18-13-24(18,14-27)33-20)16-9-8-10-17(25)19(16)26/h8-10,18H,11-15,27H2,1-7H3/t18-,23+,24+/m0/s1. The van der Waals surface area contributed by atoms with Crippen LogP contribution in [0.5, 0.6) is 0 Å². The fourth-order valence-corrected chi connectivity index (χ4v) is 6.45. The normalized spacial score (nSPS) is 26.5. The molecule has 10 heteroatoms. The predicted molar refractivity (Wildman–Crippen MR) is 136 cm³/mol. The lowest BCUT2D eigenvalue weighted by Gasteiger charge is -2.38. The first kappa shape index (κ1) is 27.1. The largest absolute Gasteiger partial charge is 0.443 e. The molecule has 34 heavy (non-hydrogen) atoms. The Morgan fingerprint density at radius 1 is 1.32 bits per heavy atom. The van der Waals surface area contributed by atoms with Crippen molar-refractivity contribution in [2.45, 2.75) is 75.7 Å². The van der Waals surface area contributed by atoms with Gasteiger partial charge in [0.2, 0.25) is 0 Å². The van der Waals surface area contributed by atoms with Crippen molar-refractivity contribution in [3.05, 3.63) is 35.4 Å². The topological polar surface area (TPSA) is 77.1 Å². The van der Waals surface area contributed by atoms with Gasteiger partial charge in [0.25, 0.3) is 0 Å². The molecular formula is C24H37F2N3O3SSi. The van der Waals surface area contributed by atoms with Gasteiger partial charge in [-0.05, 0) is 46.2 Å². The van der Waals surface area contributed by atoms with Gasteiger partial charge >= 0.3 is 6.09 Å². The maximum Gasteiger partial charge on any atom is 0.418 e. The number of aliphatic imine (C=N–C) groups is 1. The minimum atomic E-state index is -1.32. The lowest BCUT2D eigenvalue weighted by Crippen LogP contribution is -2.46. The van der Waals surface area contributed by atoms with E-state index < -0.39 is 41.7 Å². The minimum absolute atomic E-state index is 0.0434. The summed E-state index contributed by atoms with van der Waals surface area (Å²) in [4.78, 5) is 19.4. The molecule has 0 bridgehead atoms. The van der Waals surface area contributed by atoms with Crippen molar-refractivity contribution in [1.29, 1.82) is 0 Å². The molecule has 3 atom stereocenters. The van der Waals surface area contributed by atoms with E-state index in [1.165, 1.54) is 22.7 Å². The third-order valence-electron chi connectivity index (χ3n) is 6.23. The molecule has 1 amide bonds. The van der Waals surface area contributed by atoms with Crippen LogP contribution in [0.3, 0.4) is 0 Å². The average Bonchev–Trinajstić information content (AvgIpc) is 3.44. The highest BCUT2D eigenvalue weighted by Gasteiger charge is 2.66. The van der Waals surface area contributed by atoms with E-state index in [-0.39, 0.29) is 18.2 Å². The summed E-state index contributed by atoms with van der Waals surface area (Å²) in [6.07, 6.45) is 0.0896. The molecule has 1 heterocycles. The van der Waals surface area contributed by atoms with Gasteiger partial charge in [-0.15, -0.1) is 0 Å². The summed E-state index contributed by atoms with van der Waals surface area (Å²) < 4.78 is 40.2. The molecule has 2 aliphatic rings. The van der Waals surface area contributed by atoms with E-state index in [1.807, 2.05) is 0 Å². The van der Waals surface area contributed by atoms with E-state index in [0.717, 1.165) is 12.1 Å². The second-order valence-corrected chi connectivity index (χ2v) is 18.5. The lowest BCUT2D eigenvalue weighted by molar-refractivity contribution is 0.0110. The quantitative estimate of drug-likeness (QED) is 0.294. The molecule has 1 aromatic rings. The number of carbonyl (C=O) groups is 1. The molecule has 190 valence electrons. The maximum atomic E-state index is 14.9. The van der Waals surface area contributed by atoms with E-state index >= 15 is 0 Å². The van der Waals surface area contributed by atoms with Gasteiger partial charge in [-0.3, -0.25) is 4.99 Å². The van der Waals surface area contributed by atoms with Gasteiger partial charge in [0, 0.05) is 37.5 Å². The second kappa shape index (κ2) is 9.52. The fraction of sp³-hybridized carbons (Fsp3) is 0.667. The molecule has 0 spiro atoms. The number of carbonyl (C=O) groups excluding carboxylic acids is 1. The third-order valence-corrected chi connectivity index (χ3v) is 9.45. The second-order valence-electron chi connectivity index (χ2n) is 11.5. The number of benzene rings is 1. The first-order valence-corrected chi connectivity index (χ1v) is 16.2. The minimum Gasteiger partial charge on any atom is -0.443 e. The van der Waals surface area contributed by atoms with E-state index in [1.54, 1.807) is 33.8 Å². The number of fused-ring (bicyclic) bond motifs is 1. The fourth-order valence-electron chi connectivity index (χ4n) is 4.15. The smallest absolute Gasteiger partial charge is 0.418 e. The Labute approximate surface area is 206 Å². The van der Waals surface area contributed by atoms with E-state index in [0.29, 0.717) is 24.7 Å². The molecule has 0 saturated heterocycles. The first-order chi connectivity index (χ1) is 15.6. The molecule has 1 aliphatic heterocycles. The van der Waals surface area contributed by atoms with Gasteiger partial charge < -0.3 is 15.2 Å². The van der Waals surface area contributed by atoms with Crippen LogP contribution < -0.4 is 5.73 Å². The van der Waals surface area contributed by atoms with Gasteiger partial charge in [-0.2, -0.15) is 0 Å². The van der Waals surface area contributed by atoms with Gasteiger partial charge in [0.05, 0.1) is 5.54 Å². The van der Waals surface area contributed by atoms with Crippen LogP contribution in [0.2, 0.25) is 25.7 Å². The van der Waals surface area contributed by atoms with Gasteiger partial charge in [0.1, 0.15) is 12.3 Å². The van der Waals surface area contributed by atoms with Crippen molar-refractivity contribution < 1.29 is 23.0 Å². The predicted octanol–water partition coefficient (Wildman–Crippen LogP) is 5.55. The highest BCUT2D eigenvalue weighted by atomic mass is 32.2. The zero-order valence-corrected chi connectivity index (χ0v) is 23.0. The Hall–Kier alpha value is -1.49. The number of amidine groups is 1. The van der Waals surface area contributed by atoms with Crippen molar-refractivity contribution >= 4 is 31.1 Å². The number of hydrogen-bond acceptors (Lipinski definition) is 6. The highest BCUT2D eigenvalue weighted by molar-refractivity contribution is 8.15. The van der Waals surface area contributed by atoms with Crippen molar-refractivity contribution in [2.75, 3.05) is 19.9 Å². The third kappa shape index (κ3) is 5.83. The van der Waals surface area contributed by atoms with Gasteiger partial charge in [-0.25, -0.2) is 18.5 Å². The Balaban J connectivity index is 1.98. The van der Waals surface area contributed by atoms with Crippen LogP contribution in [0.15, 0.2) is 23.2 Å². The van der Waals surface area contributed by atoms with Crippen molar-refractivity contribution in [1.82, 2.24) is 4.90 Å². The number of hydrogen-bond donors (Lipinski definition) is 1. The molecule has 1 fully saturated rings. The Morgan fingerprint density at radius 2 is 2.00 bits per heavy atom. The summed E-state index contributed by atoms with van der Waals surface area (Å²) in [6.45, 7) is 14.7. The Kier molecular flexibility index (Phi) is 7.59. The Bertz CT molecular complexity index is 966. The van der Waals surface area contributed by atoms with Crippen LogP contribution in [0.25, 0.3) is 0 Å². The SMILES string of the molecule is CC(C)(C)OC(=O)N(COCC[Si](C)(C)C)C1=N[C@](C)(c2cccc(F)c2F)[C@@H]2C[C@]2(CN)S1. The zero-order chi connectivity index (χ0) is 25.5. The molecule has 1 saturated carbocycles. The molecule has 1 aliphatic carbocycles. The van der Waals surface area contributed by atoms with Gasteiger partial charge in [0.15, 0.2) is 16.8 Å². The Morgan fingerprint density at radius 3 is 2.59 bits per heavy atom. The number of ether oxygens (including phenoxy) is 2. The van der Waals surface area contributed by atoms with Crippen LogP contribution >= 0.6 is 11.8 Å². The van der Waals surface area contributed by atoms with Crippen LogP contribution in [0.1, 0.15) is 39.7 Å². The number of nitrogens with zero attached hydrogens (tertiary/aromatic N) is 2. The summed E-state index contributed by atoms with van der Waals surface area (Å²) in [6, 6.07) is 5.06. The number of thioether (sulfide) groups is 1. The van der Waals surface area contributed by atoms with Crippen LogP contribution in [0, 0.1) is 17.6 Å². The monoisotopic (exact) mass is 513 g/mol. The molecule has 0 radical (unpaired) electrons. The molecule has 3 rings (SSSR count). The van der Waals surface area contributed by atoms with Crippen molar-refractivity contribution in [3.63, 3.8) is 0 Å². The van der Waals surface area contributed by atoms with E-state index in [4.69, 9.17) is 20.2 Å². The molecule has 2 N–H and O–H groups in total. The molecule has 1 aromatic carbocycles. The molecular weight excluding hydrogens is 476 g/mol. The molecule has 6 nitrogen and oxygen atoms in total. The molecule has 0 aromatic heterocycles. The number of halogens is 2. The average molecular weight is 514 g/mol. The first-order valence-electron chi connectivity index (χ1n) is 11.6. The van der Waals surface area contributed by atoms with E-state index in [9.17, 15) is 13.6 Å². The van der Waals surface area contributed by atoms with Crippen LogP contribution in [0.4, 0.5) is 13.6 Å². The highest BCUT2D eigenvalue weighted by Crippen LogP contribution is 2.66. The van der Waals surface area contributed by atoms with Crippen molar-refractivity contribution in [2.24, 2.45) is 16.6 Å². The van der Waals surface area contributed by atoms with E-state index in [2.05, 4.69) is 19.6 Å². The van der Waals surface area contributed by atoms with Crippen LogP contribution in [-0.2, 0) is 15.0 Å². The number of nitrogens with two attached hydrogens (primary N) is 1. The summed E-state index contributed by atoms with van der Waals surface area (Å²) >= 11 is 1.40. The van der Waals surface area contributed by atoms with Gasteiger partial charge in [-0.1, -0.05) is 43.5 Å².